The zero-order valence-electron chi connectivity index (χ0n) is 10.8. The van der Waals surface area contributed by atoms with E-state index in [-0.39, 0.29) is 24.3 Å². The number of rotatable bonds is 6. The number of hydrogen-bond donors (Lipinski definition) is 1. The van der Waals surface area contributed by atoms with E-state index < -0.39 is 5.97 Å². The van der Waals surface area contributed by atoms with E-state index in [0.29, 0.717) is 0 Å². The van der Waals surface area contributed by atoms with Crippen LogP contribution in [0, 0.1) is 0 Å². The Bertz CT molecular complexity index is 412. The van der Waals surface area contributed by atoms with Crippen molar-refractivity contribution in [3.8, 4) is 0 Å². The van der Waals surface area contributed by atoms with Gasteiger partial charge in [0, 0.05) is 6.04 Å². The number of ether oxygens (including phenoxy) is 1. The van der Waals surface area contributed by atoms with Crippen LogP contribution in [0.2, 0.25) is 0 Å². The monoisotopic (exact) mass is 254 g/mol. The molecule has 0 atom stereocenters. The molecule has 18 heavy (non-hydrogen) atoms. The molecule has 0 fully saturated rings. The van der Waals surface area contributed by atoms with Crippen molar-refractivity contribution in [3.05, 3.63) is 12.2 Å². The Morgan fingerprint density at radius 2 is 2.11 bits per heavy atom. The summed E-state index contributed by atoms with van der Waals surface area (Å²) in [6, 6.07) is 0.168. The molecular weight excluding hydrogens is 236 g/mol. The SMILES string of the molecule is CCC(CC)NC(=O)Cn1cnc(C(=O)OC)n1. The maximum absolute atomic E-state index is 11.7. The molecule has 1 aromatic rings. The summed E-state index contributed by atoms with van der Waals surface area (Å²) in [5, 5.41) is 6.72. The molecule has 0 saturated carbocycles. The summed E-state index contributed by atoms with van der Waals surface area (Å²) >= 11 is 0. The van der Waals surface area contributed by atoms with Crippen LogP contribution in [-0.2, 0) is 16.1 Å². The predicted molar refractivity (Wildman–Crippen MR) is 63.9 cm³/mol. The van der Waals surface area contributed by atoms with E-state index >= 15 is 0 Å². The van der Waals surface area contributed by atoms with Gasteiger partial charge in [0.25, 0.3) is 5.82 Å². The average molecular weight is 254 g/mol. The topological polar surface area (TPSA) is 86.1 Å². The molecule has 0 saturated heterocycles. The van der Waals surface area contributed by atoms with Crippen LogP contribution >= 0.6 is 0 Å². The molecule has 100 valence electrons. The third-order valence-electron chi connectivity index (χ3n) is 2.56. The minimum Gasteiger partial charge on any atom is -0.463 e. The summed E-state index contributed by atoms with van der Waals surface area (Å²) in [6.07, 6.45) is 3.10. The van der Waals surface area contributed by atoms with Crippen molar-refractivity contribution in [3.63, 3.8) is 0 Å². The lowest BCUT2D eigenvalue weighted by molar-refractivity contribution is -0.122. The molecule has 0 spiro atoms. The zero-order chi connectivity index (χ0) is 13.5. The first-order valence-electron chi connectivity index (χ1n) is 5.87. The fraction of sp³-hybridized carbons (Fsp3) is 0.636. The van der Waals surface area contributed by atoms with Crippen molar-refractivity contribution in [1.82, 2.24) is 20.1 Å². The lowest BCUT2D eigenvalue weighted by atomic mass is 10.2. The van der Waals surface area contributed by atoms with Gasteiger partial charge in [-0.25, -0.2) is 14.5 Å². The van der Waals surface area contributed by atoms with E-state index in [0.717, 1.165) is 12.8 Å². The van der Waals surface area contributed by atoms with E-state index in [1.165, 1.54) is 18.1 Å². The average Bonchev–Trinajstić information content (AvgIpc) is 2.83. The summed E-state index contributed by atoms with van der Waals surface area (Å²) in [6.45, 7) is 4.07. The Balaban J connectivity index is 2.54. The highest BCUT2D eigenvalue weighted by Gasteiger charge is 2.13. The highest BCUT2D eigenvalue weighted by atomic mass is 16.5. The largest absolute Gasteiger partial charge is 0.463 e. The van der Waals surface area contributed by atoms with Crippen molar-refractivity contribution in [2.75, 3.05) is 7.11 Å². The molecule has 1 amide bonds. The van der Waals surface area contributed by atoms with Crippen molar-refractivity contribution >= 4 is 11.9 Å². The number of nitrogens with one attached hydrogen (secondary N) is 1. The van der Waals surface area contributed by atoms with Gasteiger partial charge in [0.05, 0.1) is 7.11 Å². The van der Waals surface area contributed by atoms with Crippen molar-refractivity contribution < 1.29 is 14.3 Å². The van der Waals surface area contributed by atoms with Gasteiger partial charge in [0.15, 0.2) is 0 Å². The smallest absolute Gasteiger partial charge is 0.377 e. The fourth-order valence-electron chi connectivity index (χ4n) is 1.47. The molecule has 0 aromatic carbocycles. The number of amides is 1. The van der Waals surface area contributed by atoms with Gasteiger partial charge in [0.2, 0.25) is 5.91 Å². The Kier molecular flexibility index (Phi) is 5.29. The van der Waals surface area contributed by atoms with E-state index in [1.807, 2.05) is 13.8 Å². The van der Waals surface area contributed by atoms with Crippen LogP contribution in [0.4, 0.5) is 0 Å². The van der Waals surface area contributed by atoms with Gasteiger partial charge in [-0.05, 0) is 12.8 Å². The number of aromatic nitrogens is 3. The highest BCUT2D eigenvalue weighted by molar-refractivity contribution is 5.84. The second-order valence-electron chi connectivity index (χ2n) is 3.84. The Labute approximate surface area is 106 Å². The maximum Gasteiger partial charge on any atom is 0.377 e. The fourth-order valence-corrected chi connectivity index (χ4v) is 1.47. The summed E-state index contributed by atoms with van der Waals surface area (Å²) < 4.78 is 5.79. The van der Waals surface area contributed by atoms with Crippen LogP contribution < -0.4 is 5.32 Å². The second-order valence-corrected chi connectivity index (χ2v) is 3.84. The first-order valence-corrected chi connectivity index (χ1v) is 5.87. The number of methoxy groups -OCH3 is 1. The van der Waals surface area contributed by atoms with Gasteiger partial charge in [-0.1, -0.05) is 13.8 Å². The normalized spacial score (nSPS) is 10.4. The van der Waals surface area contributed by atoms with Gasteiger partial charge in [-0.15, -0.1) is 5.10 Å². The predicted octanol–water partition coefficient (Wildman–Crippen LogP) is 0.369. The van der Waals surface area contributed by atoms with Crippen LogP contribution in [0.25, 0.3) is 0 Å². The summed E-state index contributed by atoms with van der Waals surface area (Å²) in [4.78, 5) is 26.6. The standard InChI is InChI=1S/C11H18N4O3/c1-4-8(5-2)13-9(16)6-15-7-12-10(14-15)11(17)18-3/h7-8H,4-6H2,1-3H3,(H,13,16). The van der Waals surface area contributed by atoms with Gasteiger partial charge in [0.1, 0.15) is 12.9 Å². The lowest BCUT2D eigenvalue weighted by Crippen LogP contribution is -2.36. The van der Waals surface area contributed by atoms with Crippen molar-refractivity contribution in [2.24, 2.45) is 0 Å². The molecule has 0 bridgehead atoms. The first kappa shape index (κ1) is 14.1. The number of carbonyl (C=O) groups excluding carboxylic acids is 2. The highest BCUT2D eigenvalue weighted by Crippen LogP contribution is 1.97. The Morgan fingerprint density at radius 3 is 2.67 bits per heavy atom. The number of hydrogen-bond acceptors (Lipinski definition) is 5. The second kappa shape index (κ2) is 6.73. The molecule has 1 aromatic heterocycles. The Hall–Kier alpha value is -1.92. The molecule has 0 radical (unpaired) electrons. The quantitative estimate of drug-likeness (QED) is 0.741. The van der Waals surface area contributed by atoms with Crippen molar-refractivity contribution in [1.29, 1.82) is 0 Å². The van der Waals surface area contributed by atoms with E-state index in [4.69, 9.17) is 0 Å². The molecule has 1 N–H and O–H groups in total. The van der Waals surface area contributed by atoms with Crippen LogP contribution in [-0.4, -0.2) is 39.8 Å². The molecular formula is C11H18N4O3. The lowest BCUT2D eigenvalue weighted by Gasteiger charge is -2.14. The van der Waals surface area contributed by atoms with E-state index in [2.05, 4.69) is 20.1 Å². The molecule has 0 aliphatic rings. The minimum atomic E-state index is -0.617. The Morgan fingerprint density at radius 1 is 1.44 bits per heavy atom. The molecule has 1 heterocycles. The maximum atomic E-state index is 11.7. The number of carbonyl (C=O) groups is 2. The molecule has 0 unspecified atom stereocenters. The molecule has 0 aliphatic carbocycles. The zero-order valence-corrected chi connectivity index (χ0v) is 10.8. The summed E-state index contributed by atoms with van der Waals surface area (Å²) in [5.74, 6) is -0.813. The molecule has 7 nitrogen and oxygen atoms in total. The van der Waals surface area contributed by atoms with Crippen LogP contribution in [0.15, 0.2) is 6.33 Å². The van der Waals surface area contributed by atoms with Crippen LogP contribution in [0.1, 0.15) is 37.3 Å². The van der Waals surface area contributed by atoms with Gasteiger partial charge in [-0.3, -0.25) is 4.79 Å². The molecule has 0 aliphatic heterocycles. The third-order valence-corrected chi connectivity index (χ3v) is 2.56. The van der Waals surface area contributed by atoms with Crippen LogP contribution in [0.3, 0.4) is 0 Å². The van der Waals surface area contributed by atoms with Gasteiger partial charge < -0.3 is 10.1 Å². The summed E-state index contributed by atoms with van der Waals surface area (Å²) in [5.41, 5.74) is 0. The van der Waals surface area contributed by atoms with Gasteiger partial charge >= 0.3 is 5.97 Å². The van der Waals surface area contributed by atoms with E-state index in [9.17, 15) is 9.59 Å². The number of nitrogens with zero attached hydrogens (tertiary/aromatic N) is 3. The van der Waals surface area contributed by atoms with E-state index in [1.54, 1.807) is 0 Å². The number of esters is 1. The molecule has 1 rings (SSSR count). The first-order chi connectivity index (χ1) is 8.60. The summed E-state index contributed by atoms with van der Waals surface area (Å²) in [7, 11) is 1.25. The minimum absolute atomic E-state index is 0.0422. The molecule has 7 heteroatoms. The van der Waals surface area contributed by atoms with Gasteiger partial charge in [-0.2, -0.15) is 0 Å². The third kappa shape index (κ3) is 3.83. The van der Waals surface area contributed by atoms with Crippen LogP contribution in [0.5, 0.6) is 0 Å². The van der Waals surface area contributed by atoms with Crippen molar-refractivity contribution in [2.45, 2.75) is 39.3 Å².